The van der Waals surface area contributed by atoms with Crippen molar-refractivity contribution in [1.82, 2.24) is 0 Å². The van der Waals surface area contributed by atoms with Gasteiger partial charge in [0, 0.05) is 18.2 Å². The highest BCUT2D eigenvalue weighted by Gasteiger charge is 2.15. The summed E-state index contributed by atoms with van der Waals surface area (Å²) in [5.74, 6) is -0.288. The van der Waals surface area contributed by atoms with E-state index in [2.05, 4.69) is 5.32 Å². The molecule has 0 saturated heterocycles. The zero-order valence-corrected chi connectivity index (χ0v) is 13.4. The SMILES string of the molecule is O=C(COC(=O)c1ccccc1O)Nc1ccc2c(c1)OCCCO2. The smallest absolute Gasteiger partial charge is 0.342 e. The van der Waals surface area contributed by atoms with Gasteiger partial charge in [-0.15, -0.1) is 0 Å². The molecule has 25 heavy (non-hydrogen) atoms. The first-order chi connectivity index (χ1) is 12.1. The highest BCUT2D eigenvalue weighted by molar-refractivity contribution is 5.96. The van der Waals surface area contributed by atoms with E-state index in [0.29, 0.717) is 30.4 Å². The lowest BCUT2D eigenvalue weighted by Crippen LogP contribution is -2.21. The second kappa shape index (κ2) is 7.57. The van der Waals surface area contributed by atoms with E-state index in [1.807, 2.05) is 0 Å². The number of hydrogen-bond donors (Lipinski definition) is 2. The van der Waals surface area contributed by atoms with Crippen LogP contribution < -0.4 is 14.8 Å². The summed E-state index contributed by atoms with van der Waals surface area (Å²) in [6.45, 7) is 0.658. The number of nitrogens with one attached hydrogen (secondary N) is 1. The summed E-state index contributed by atoms with van der Waals surface area (Å²) in [6.07, 6.45) is 0.790. The first-order valence-corrected chi connectivity index (χ1v) is 7.78. The van der Waals surface area contributed by atoms with Gasteiger partial charge in [0.2, 0.25) is 0 Å². The monoisotopic (exact) mass is 343 g/mol. The lowest BCUT2D eigenvalue weighted by molar-refractivity contribution is -0.119. The molecule has 0 bridgehead atoms. The van der Waals surface area contributed by atoms with E-state index < -0.39 is 18.5 Å². The molecule has 2 aromatic rings. The van der Waals surface area contributed by atoms with Gasteiger partial charge in [-0.05, 0) is 24.3 Å². The van der Waals surface area contributed by atoms with Gasteiger partial charge in [0.1, 0.15) is 11.3 Å². The molecule has 0 aromatic heterocycles. The Kier molecular flexibility index (Phi) is 5.03. The van der Waals surface area contributed by atoms with E-state index >= 15 is 0 Å². The van der Waals surface area contributed by atoms with Crippen molar-refractivity contribution in [3.05, 3.63) is 48.0 Å². The molecule has 0 radical (unpaired) electrons. The molecule has 0 aliphatic carbocycles. The van der Waals surface area contributed by atoms with Crippen LogP contribution in [0.4, 0.5) is 5.69 Å². The molecule has 1 aliphatic rings. The Hall–Kier alpha value is -3.22. The summed E-state index contributed by atoms with van der Waals surface area (Å²) < 4.78 is 16.0. The number of rotatable bonds is 4. The molecular weight excluding hydrogens is 326 g/mol. The van der Waals surface area contributed by atoms with Gasteiger partial charge in [0.05, 0.1) is 13.2 Å². The summed E-state index contributed by atoms with van der Waals surface area (Å²) in [6, 6.07) is 11.0. The van der Waals surface area contributed by atoms with Crippen LogP contribution in [0.15, 0.2) is 42.5 Å². The van der Waals surface area contributed by atoms with E-state index in [4.69, 9.17) is 14.2 Å². The summed E-state index contributed by atoms with van der Waals surface area (Å²) in [5.41, 5.74) is 0.513. The van der Waals surface area contributed by atoms with E-state index in [0.717, 1.165) is 6.42 Å². The Morgan fingerprint density at radius 1 is 1.08 bits per heavy atom. The van der Waals surface area contributed by atoms with Crippen LogP contribution in [-0.2, 0) is 9.53 Å². The Morgan fingerprint density at radius 2 is 1.84 bits per heavy atom. The molecule has 2 aromatic carbocycles. The summed E-state index contributed by atoms with van der Waals surface area (Å²) >= 11 is 0. The van der Waals surface area contributed by atoms with Gasteiger partial charge in [-0.1, -0.05) is 12.1 Å². The zero-order valence-electron chi connectivity index (χ0n) is 13.4. The second-order valence-electron chi connectivity index (χ2n) is 5.35. The van der Waals surface area contributed by atoms with Gasteiger partial charge >= 0.3 is 5.97 Å². The quantitative estimate of drug-likeness (QED) is 0.828. The van der Waals surface area contributed by atoms with Crippen molar-refractivity contribution in [2.24, 2.45) is 0 Å². The number of hydrogen-bond acceptors (Lipinski definition) is 6. The number of aromatic hydroxyl groups is 1. The maximum absolute atomic E-state index is 11.9. The van der Waals surface area contributed by atoms with Crippen LogP contribution in [0.2, 0.25) is 0 Å². The number of benzene rings is 2. The van der Waals surface area contributed by atoms with Crippen molar-refractivity contribution in [3.63, 3.8) is 0 Å². The summed E-state index contributed by atoms with van der Waals surface area (Å²) in [5, 5.41) is 12.2. The fourth-order valence-electron chi connectivity index (χ4n) is 2.29. The van der Waals surface area contributed by atoms with Crippen molar-refractivity contribution in [2.45, 2.75) is 6.42 Å². The number of carbonyl (C=O) groups excluding carboxylic acids is 2. The normalized spacial score (nSPS) is 12.8. The first kappa shape index (κ1) is 16.6. The lowest BCUT2D eigenvalue weighted by Gasteiger charge is -2.11. The van der Waals surface area contributed by atoms with E-state index in [-0.39, 0.29) is 11.3 Å². The molecule has 3 rings (SSSR count). The second-order valence-corrected chi connectivity index (χ2v) is 5.35. The summed E-state index contributed by atoms with van der Waals surface area (Å²) in [7, 11) is 0. The van der Waals surface area contributed by atoms with E-state index in [9.17, 15) is 14.7 Å². The van der Waals surface area contributed by atoms with Gasteiger partial charge in [-0.25, -0.2) is 4.79 Å². The van der Waals surface area contributed by atoms with Crippen molar-refractivity contribution >= 4 is 17.6 Å². The highest BCUT2D eigenvalue weighted by atomic mass is 16.5. The predicted octanol–water partition coefficient (Wildman–Crippen LogP) is 2.35. The van der Waals surface area contributed by atoms with Crippen LogP contribution in [0.5, 0.6) is 17.2 Å². The number of phenols is 1. The predicted molar refractivity (Wildman–Crippen MR) is 89.1 cm³/mol. The molecule has 1 aliphatic heterocycles. The number of ether oxygens (including phenoxy) is 3. The molecule has 1 heterocycles. The van der Waals surface area contributed by atoms with Crippen LogP contribution in [0.25, 0.3) is 0 Å². The van der Waals surface area contributed by atoms with E-state index in [1.54, 1.807) is 30.3 Å². The molecule has 0 fully saturated rings. The zero-order chi connectivity index (χ0) is 17.6. The van der Waals surface area contributed by atoms with Crippen molar-refractivity contribution in [1.29, 1.82) is 0 Å². The Labute approximate surface area is 144 Å². The molecule has 130 valence electrons. The largest absolute Gasteiger partial charge is 0.507 e. The number of fused-ring (bicyclic) bond motifs is 1. The first-order valence-electron chi connectivity index (χ1n) is 7.78. The summed E-state index contributed by atoms with van der Waals surface area (Å²) in [4.78, 5) is 23.8. The lowest BCUT2D eigenvalue weighted by atomic mass is 10.2. The number of phenolic OH excluding ortho intramolecular Hbond substituents is 1. The minimum atomic E-state index is -0.771. The molecule has 2 N–H and O–H groups in total. The fourth-order valence-corrected chi connectivity index (χ4v) is 2.29. The maximum Gasteiger partial charge on any atom is 0.342 e. The molecule has 1 amide bonds. The average molecular weight is 343 g/mol. The average Bonchev–Trinajstić information content (AvgIpc) is 2.85. The van der Waals surface area contributed by atoms with Gasteiger partial charge in [-0.3, -0.25) is 4.79 Å². The molecule has 0 spiro atoms. The molecule has 0 atom stereocenters. The van der Waals surface area contributed by atoms with Gasteiger partial charge < -0.3 is 24.6 Å². The molecule has 0 saturated carbocycles. The number of anilines is 1. The topological polar surface area (TPSA) is 94.1 Å². The highest BCUT2D eigenvalue weighted by Crippen LogP contribution is 2.32. The van der Waals surface area contributed by atoms with Crippen LogP contribution in [0, 0.1) is 0 Å². The van der Waals surface area contributed by atoms with Crippen LogP contribution >= 0.6 is 0 Å². The van der Waals surface area contributed by atoms with Gasteiger partial charge in [0.15, 0.2) is 18.1 Å². The van der Waals surface area contributed by atoms with Gasteiger partial charge in [0.25, 0.3) is 5.91 Å². The Bertz CT molecular complexity index is 789. The molecule has 7 heteroatoms. The fraction of sp³-hybridized carbons (Fsp3) is 0.222. The number of carbonyl (C=O) groups is 2. The van der Waals surface area contributed by atoms with Gasteiger partial charge in [-0.2, -0.15) is 0 Å². The van der Waals surface area contributed by atoms with Crippen molar-refractivity contribution < 1.29 is 28.9 Å². The number of para-hydroxylation sites is 1. The van der Waals surface area contributed by atoms with Crippen molar-refractivity contribution in [3.8, 4) is 17.2 Å². The van der Waals surface area contributed by atoms with E-state index in [1.165, 1.54) is 12.1 Å². The molecule has 7 nitrogen and oxygen atoms in total. The Balaban J connectivity index is 1.57. The minimum Gasteiger partial charge on any atom is -0.507 e. The number of amides is 1. The minimum absolute atomic E-state index is 0.00544. The molecule has 0 unspecified atom stereocenters. The van der Waals surface area contributed by atoms with Crippen LogP contribution in [0.3, 0.4) is 0 Å². The van der Waals surface area contributed by atoms with Crippen molar-refractivity contribution in [2.75, 3.05) is 25.1 Å². The Morgan fingerprint density at radius 3 is 2.64 bits per heavy atom. The van der Waals surface area contributed by atoms with Crippen LogP contribution in [-0.4, -0.2) is 36.8 Å². The maximum atomic E-state index is 11.9. The molecular formula is C18H17NO6. The standard InChI is InChI=1S/C18H17NO6/c20-14-5-2-1-4-13(14)18(22)25-11-17(21)19-12-6-7-15-16(10-12)24-9-3-8-23-15/h1-2,4-7,10,20H,3,8-9,11H2,(H,19,21). The third kappa shape index (κ3) is 4.20. The third-order valence-electron chi connectivity index (χ3n) is 3.49. The van der Waals surface area contributed by atoms with Crippen LogP contribution in [0.1, 0.15) is 16.8 Å². The third-order valence-corrected chi connectivity index (χ3v) is 3.49. The number of esters is 1.